The summed E-state index contributed by atoms with van der Waals surface area (Å²) in [6.45, 7) is 0. The van der Waals surface area contributed by atoms with E-state index in [1.165, 1.54) is 0 Å². The van der Waals surface area contributed by atoms with Crippen molar-refractivity contribution in [2.24, 2.45) is 0 Å². The van der Waals surface area contributed by atoms with Gasteiger partial charge < -0.3 is 31.8 Å². The molecule has 0 aromatic heterocycles. The average Bonchev–Trinajstić information content (AvgIpc) is 2.84. The van der Waals surface area contributed by atoms with Crippen molar-refractivity contribution in [3.63, 3.8) is 0 Å². The van der Waals surface area contributed by atoms with Gasteiger partial charge in [-0.25, -0.2) is 33.6 Å². The maximum atomic E-state index is 10.3. The summed E-state index contributed by atoms with van der Waals surface area (Å²) in [6.07, 6.45) is -12.1. The van der Waals surface area contributed by atoms with Gasteiger partial charge in [-0.2, -0.15) is 36.8 Å². The first kappa shape index (κ1) is 51.0. The first-order valence-corrected chi connectivity index (χ1v) is 7.76. The molecule has 1 radical (unpaired) electrons. The Labute approximate surface area is 231 Å². The summed E-state index contributed by atoms with van der Waals surface area (Å²) in [5, 5.41) is 80.5. The van der Waals surface area contributed by atoms with Crippen molar-refractivity contribution in [1.29, 1.82) is 0 Å². The van der Waals surface area contributed by atoms with Crippen LogP contribution in [0.25, 0.3) is 0 Å². The predicted octanol–water partition coefficient (Wildman–Crippen LogP) is 0.461. The van der Waals surface area contributed by atoms with Gasteiger partial charge in [0.05, 0.1) is 0 Å². The zero-order chi connectivity index (χ0) is 29.7. The van der Waals surface area contributed by atoms with Crippen molar-refractivity contribution in [3.8, 4) is 0 Å². The first-order valence-electron chi connectivity index (χ1n) is 6.35. The fourth-order valence-corrected chi connectivity index (χ4v) is 1.12. The minimum absolute atomic E-state index is 0. The van der Waals surface area contributed by atoms with Crippen molar-refractivity contribution >= 4 is 58.2 Å². The molecule has 0 amide bonds. The van der Waals surface area contributed by atoms with Crippen LogP contribution in [0.2, 0.25) is 0 Å². The molecule has 0 unspecified atom stereocenters. The number of carbonyl (C=O) groups is 7. The fraction of sp³-hybridized carbons (Fsp3) is 0. The number of carbonyl (C=O) groups excluding carboxylic acids is 3. The molecule has 0 saturated heterocycles. The number of carboxylic acid groups (broad SMARTS) is 4. The van der Waals surface area contributed by atoms with Crippen molar-refractivity contribution < 1.29 is 173 Å². The maximum absolute atomic E-state index is 10.3. The molecule has 0 aliphatic rings. The second-order valence-corrected chi connectivity index (χ2v) is 4.38. The molecule has 0 spiro atoms. The SMILES string of the molecule is O=C(O)OO.O=C(O)OO.O=C(O)OO.O=C(O)OO.O=C(OO)[O][Al]([O]C(=O)OO)[O]C(=O)OO.[Cu].[Zn]. The largest absolute Gasteiger partial charge is 1.21 e. The first-order chi connectivity index (χ1) is 16.6. The summed E-state index contributed by atoms with van der Waals surface area (Å²) in [5.74, 6) is 0. The van der Waals surface area contributed by atoms with E-state index in [0.717, 1.165) is 0 Å². The van der Waals surface area contributed by atoms with Gasteiger partial charge >= 0.3 is 58.2 Å². The summed E-state index contributed by atoms with van der Waals surface area (Å²) in [4.78, 5) is 86.2. The van der Waals surface area contributed by atoms with Gasteiger partial charge in [-0.1, -0.05) is 0 Å². The third-order valence-corrected chi connectivity index (χ3v) is 2.27. The van der Waals surface area contributed by atoms with Crippen LogP contribution in [-0.2, 0) is 82.1 Å². The predicted molar refractivity (Wildman–Crippen MR) is 83.3 cm³/mol. The van der Waals surface area contributed by atoms with Crippen LogP contribution >= 0.6 is 0 Å². The Hall–Kier alpha value is -3.71. The third kappa shape index (κ3) is 63.6. The molecular formula is C7H11AlCuO28Zn. The van der Waals surface area contributed by atoms with Gasteiger partial charge in [-0.3, -0.25) is 34.2 Å². The molecule has 0 aliphatic carbocycles. The van der Waals surface area contributed by atoms with Gasteiger partial charge in [0.15, 0.2) is 0 Å². The molecule has 223 valence electrons. The monoisotopic (exact) mass is 697 g/mol. The minimum atomic E-state index is -3.86. The van der Waals surface area contributed by atoms with Crippen molar-refractivity contribution in [1.82, 2.24) is 0 Å². The second kappa shape index (κ2) is 37.8. The van der Waals surface area contributed by atoms with Gasteiger partial charge in [0, 0.05) is 36.5 Å². The van der Waals surface area contributed by atoms with Crippen molar-refractivity contribution in [3.05, 3.63) is 0 Å². The molecule has 0 aromatic rings. The molecule has 0 atom stereocenters. The van der Waals surface area contributed by atoms with Crippen molar-refractivity contribution in [2.45, 2.75) is 0 Å². The summed E-state index contributed by atoms with van der Waals surface area (Å²) in [7, 11) is 0. The molecule has 0 rings (SSSR count). The molecule has 11 N–H and O–H groups in total. The number of hydrogen-bond donors (Lipinski definition) is 11. The molecular weight excluding hydrogens is 688 g/mol. The molecule has 0 bridgehead atoms. The fourth-order valence-electron chi connectivity index (χ4n) is 0.372. The van der Waals surface area contributed by atoms with Gasteiger partial charge in [0.1, 0.15) is 0 Å². The van der Waals surface area contributed by atoms with Gasteiger partial charge in [0.25, 0.3) is 0 Å². The third-order valence-electron chi connectivity index (χ3n) is 1.11. The van der Waals surface area contributed by atoms with Crippen LogP contribution in [0.4, 0.5) is 33.6 Å². The summed E-state index contributed by atoms with van der Waals surface area (Å²) in [5.41, 5.74) is 0. The van der Waals surface area contributed by atoms with E-state index in [9.17, 15) is 14.4 Å². The molecule has 31 heteroatoms. The van der Waals surface area contributed by atoms with E-state index in [4.69, 9.17) is 76.4 Å². The topological polar surface area (TPSA) is 434 Å². The van der Waals surface area contributed by atoms with Crippen LogP contribution in [0.1, 0.15) is 0 Å². The molecule has 0 saturated carbocycles. The zero-order valence-corrected chi connectivity index (χ0v) is 22.0. The van der Waals surface area contributed by atoms with E-state index < -0.39 is 58.2 Å². The van der Waals surface area contributed by atoms with Crippen LogP contribution in [0.5, 0.6) is 0 Å². The van der Waals surface area contributed by atoms with Crippen LogP contribution in [0.15, 0.2) is 0 Å². The Bertz CT molecular complexity index is 554. The normalized spacial score (nSPS) is 7.03. The second-order valence-electron chi connectivity index (χ2n) is 3.09. The Morgan fingerprint density at radius 3 is 0.605 bits per heavy atom. The number of hydrogen-bond acceptors (Lipinski definition) is 24. The standard InChI is InChI=1S/7CH2O4.Al.Cu.Zn/c7*2-1(3)5-4;;;/h7*4H,(H,2,3);;;/q;;;;;;;+3;;/p-3. The average molecular weight is 699 g/mol. The van der Waals surface area contributed by atoms with E-state index in [2.05, 4.69) is 45.6 Å². The maximum Gasteiger partial charge on any atom is 1.21 e. The van der Waals surface area contributed by atoms with E-state index in [1.807, 2.05) is 0 Å². The Morgan fingerprint density at radius 1 is 0.395 bits per heavy atom. The van der Waals surface area contributed by atoms with Crippen LogP contribution < -0.4 is 0 Å². The van der Waals surface area contributed by atoms with Gasteiger partial charge in [-0.05, 0) is 0 Å². The van der Waals surface area contributed by atoms with E-state index >= 15 is 0 Å². The van der Waals surface area contributed by atoms with Crippen LogP contribution in [0, 0.1) is 0 Å². The van der Waals surface area contributed by atoms with Crippen LogP contribution in [-0.4, -0.2) is 115 Å². The Kier molecular flexibility index (Phi) is 50.8. The molecule has 38 heavy (non-hydrogen) atoms. The molecule has 0 fully saturated rings. The molecule has 0 aliphatic heterocycles. The van der Waals surface area contributed by atoms with Gasteiger partial charge in [-0.15, -0.1) is 0 Å². The van der Waals surface area contributed by atoms with E-state index in [-0.39, 0.29) is 36.5 Å². The Morgan fingerprint density at radius 2 is 0.526 bits per heavy atom. The summed E-state index contributed by atoms with van der Waals surface area (Å²) in [6, 6.07) is 0. The summed E-state index contributed by atoms with van der Waals surface area (Å²) >= 11 is -3.86. The van der Waals surface area contributed by atoms with E-state index in [1.54, 1.807) is 0 Å². The Balaban J connectivity index is -0.0000000723. The van der Waals surface area contributed by atoms with Crippen molar-refractivity contribution in [2.75, 3.05) is 0 Å². The zero-order valence-electron chi connectivity index (χ0n) is 16.9. The molecule has 0 heterocycles. The summed E-state index contributed by atoms with van der Waals surface area (Å²) < 4.78 is 11.7. The quantitative estimate of drug-likeness (QED) is 0.0824. The van der Waals surface area contributed by atoms with Gasteiger partial charge in [0.2, 0.25) is 0 Å². The molecule has 28 nitrogen and oxygen atoms in total. The van der Waals surface area contributed by atoms with Crippen LogP contribution in [0.3, 0.4) is 0 Å². The molecule has 0 aromatic carbocycles. The smallest absolute Gasteiger partial charge is 0.516 e. The number of rotatable bonds is 3. The minimum Gasteiger partial charge on any atom is -0.516 e. The van der Waals surface area contributed by atoms with E-state index in [0.29, 0.717) is 0 Å².